The number of rotatable bonds is 8. The average Bonchev–Trinajstić information content (AvgIpc) is 3.38. The van der Waals surface area contributed by atoms with E-state index in [1.54, 1.807) is 18.3 Å². The smallest absolute Gasteiger partial charge is 0.257 e. The van der Waals surface area contributed by atoms with Crippen LogP contribution in [0.1, 0.15) is 32.0 Å². The van der Waals surface area contributed by atoms with E-state index < -0.39 is 21.7 Å². The van der Waals surface area contributed by atoms with E-state index in [9.17, 15) is 18.0 Å². The van der Waals surface area contributed by atoms with E-state index in [-0.39, 0.29) is 33.2 Å². The monoisotopic (exact) mass is 548 g/mol. The number of aromatic nitrogens is 1. The number of sulfone groups is 1. The molecule has 0 aliphatic carbocycles. The normalized spacial score (nSPS) is 13.6. The van der Waals surface area contributed by atoms with Crippen LogP contribution in [0.15, 0.2) is 82.7 Å². The number of carbonyl (C=O) groups is 2. The van der Waals surface area contributed by atoms with Gasteiger partial charge in [-0.05, 0) is 67.6 Å². The molecule has 0 bridgehead atoms. The molecule has 4 N–H and O–H groups in total. The minimum atomic E-state index is -3.94. The number of amides is 2. The number of fused-ring (bicyclic) bond motifs is 2. The van der Waals surface area contributed by atoms with Gasteiger partial charge in [0, 0.05) is 22.2 Å². The second-order valence-corrected chi connectivity index (χ2v) is 11.5. The van der Waals surface area contributed by atoms with Crippen molar-refractivity contribution in [3.8, 4) is 16.3 Å². The molecule has 0 spiro atoms. The minimum Gasteiger partial charge on any atom is -0.494 e. The third-order valence-electron chi connectivity index (χ3n) is 5.90. The molecular formula is C27H24N4O5S2. The highest BCUT2D eigenvalue weighted by Crippen LogP contribution is 2.34. The van der Waals surface area contributed by atoms with Gasteiger partial charge in [-0.1, -0.05) is 12.1 Å². The number of ether oxygens (including phenoxy) is 1. The molecule has 0 saturated carbocycles. The number of nitrogens with two attached hydrogens (primary N) is 1. The van der Waals surface area contributed by atoms with Crippen LogP contribution in [0.5, 0.6) is 5.75 Å². The molecule has 4 aromatic rings. The van der Waals surface area contributed by atoms with Crippen LogP contribution in [-0.4, -0.2) is 38.4 Å². The lowest BCUT2D eigenvalue weighted by Gasteiger charge is -2.10. The number of hydrogen-bond donors (Lipinski definition) is 3. The van der Waals surface area contributed by atoms with Crippen molar-refractivity contribution in [1.82, 2.24) is 10.3 Å². The van der Waals surface area contributed by atoms with Gasteiger partial charge in [0.05, 0.1) is 34.2 Å². The van der Waals surface area contributed by atoms with Gasteiger partial charge in [0.25, 0.3) is 11.8 Å². The first-order valence-corrected chi connectivity index (χ1v) is 14.1. The molecule has 2 amide bonds. The molecule has 38 heavy (non-hydrogen) atoms. The van der Waals surface area contributed by atoms with Crippen molar-refractivity contribution in [2.75, 3.05) is 18.5 Å². The molecular weight excluding hydrogens is 524 g/mol. The van der Waals surface area contributed by atoms with Gasteiger partial charge in [0.2, 0.25) is 9.84 Å². The Morgan fingerprint density at radius 3 is 2.63 bits per heavy atom. The Hall–Kier alpha value is -4.06. The van der Waals surface area contributed by atoms with Crippen LogP contribution in [0.2, 0.25) is 0 Å². The number of hydrogen-bond acceptors (Lipinski definition) is 8. The second-order valence-electron chi connectivity index (χ2n) is 8.49. The number of thiazole rings is 1. The maximum absolute atomic E-state index is 13.1. The summed E-state index contributed by atoms with van der Waals surface area (Å²) in [5.74, 6) is -0.192. The predicted octanol–water partition coefficient (Wildman–Crippen LogP) is 3.87. The standard InChI is InChI=1S/C27H24N4O5S2/c28-12-3-13-36-19-9-6-17(7-10-19)27-30-16-20(37-27)15-29-25(32)18-8-11-24-22(14-18)31-26(33)21-4-1-2-5-23(21)38(24,34)35/h1-2,4-11,14,16H,3,12-13,15,28H2,(H,29,32)(H,31,33). The van der Waals surface area contributed by atoms with Gasteiger partial charge < -0.3 is 21.1 Å². The second kappa shape index (κ2) is 10.7. The Balaban J connectivity index is 1.27. The van der Waals surface area contributed by atoms with Crippen molar-refractivity contribution in [2.45, 2.75) is 22.8 Å². The molecule has 0 fully saturated rings. The molecule has 194 valence electrons. The van der Waals surface area contributed by atoms with Crippen LogP contribution in [0.25, 0.3) is 10.6 Å². The first-order valence-electron chi connectivity index (χ1n) is 11.8. The highest BCUT2D eigenvalue weighted by molar-refractivity contribution is 7.91. The van der Waals surface area contributed by atoms with Crippen LogP contribution in [0.4, 0.5) is 5.69 Å². The lowest BCUT2D eigenvalue weighted by molar-refractivity contribution is 0.0949. The van der Waals surface area contributed by atoms with Crippen LogP contribution < -0.4 is 21.1 Å². The predicted molar refractivity (Wildman–Crippen MR) is 144 cm³/mol. The maximum Gasteiger partial charge on any atom is 0.257 e. The van der Waals surface area contributed by atoms with Crippen LogP contribution >= 0.6 is 11.3 Å². The minimum absolute atomic E-state index is 0.0597. The van der Waals surface area contributed by atoms with Crippen molar-refractivity contribution >= 4 is 38.7 Å². The Morgan fingerprint density at radius 2 is 1.84 bits per heavy atom. The van der Waals surface area contributed by atoms with Crippen molar-refractivity contribution in [1.29, 1.82) is 0 Å². The SMILES string of the molecule is NCCCOc1ccc(-c2ncc(CNC(=O)c3ccc4c(c3)NC(=O)c3ccccc3S4(=O)=O)s2)cc1. The molecule has 0 atom stereocenters. The molecule has 1 aliphatic heterocycles. The molecule has 3 aromatic carbocycles. The largest absolute Gasteiger partial charge is 0.494 e. The van der Waals surface area contributed by atoms with E-state index in [0.717, 1.165) is 27.6 Å². The number of carbonyl (C=O) groups excluding carboxylic acids is 2. The van der Waals surface area contributed by atoms with Gasteiger partial charge in [-0.3, -0.25) is 9.59 Å². The molecule has 2 heterocycles. The Labute approximate surface area is 223 Å². The van der Waals surface area contributed by atoms with E-state index in [1.165, 1.54) is 41.7 Å². The zero-order chi connectivity index (χ0) is 26.7. The fraction of sp³-hybridized carbons (Fsp3) is 0.148. The molecule has 1 aromatic heterocycles. The Kier molecular flexibility index (Phi) is 7.23. The van der Waals surface area contributed by atoms with Gasteiger partial charge in [-0.25, -0.2) is 13.4 Å². The summed E-state index contributed by atoms with van der Waals surface area (Å²) in [4.78, 5) is 30.7. The van der Waals surface area contributed by atoms with Gasteiger partial charge >= 0.3 is 0 Å². The van der Waals surface area contributed by atoms with Crippen LogP contribution in [-0.2, 0) is 16.4 Å². The highest BCUT2D eigenvalue weighted by atomic mass is 32.2. The van der Waals surface area contributed by atoms with Gasteiger partial charge in [-0.15, -0.1) is 11.3 Å². The van der Waals surface area contributed by atoms with Crippen molar-refractivity contribution in [3.63, 3.8) is 0 Å². The fourth-order valence-electron chi connectivity index (χ4n) is 3.96. The van der Waals surface area contributed by atoms with Gasteiger partial charge in [-0.2, -0.15) is 0 Å². The lowest BCUT2D eigenvalue weighted by Crippen LogP contribution is -2.22. The molecule has 9 nitrogen and oxygen atoms in total. The maximum atomic E-state index is 13.1. The molecule has 1 aliphatic rings. The zero-order valence-corrected chi connectivity index (χ0v) is 21.8. The number of nitrogens with one attached hydrogen (secondary N) is 2. The molecule has 5 rings (SSSR count). The first kappa shape index (κ1) is 25.6. The topological polar surface area (TPSA) is 140 Å². The van der Waals surface area contributed by atoms with E-state index >= 15 is 0 Å². The summed E-state index contributed by atoms with van der Waals surface area (Å²) in [6, 6.07) is 17.8. The number of benzene rings is 3. The summed E-state index contributed by atoms with van der Waals surface area (Å²) in [5.41, 5.74) is 6.76. The average molecular weight is 549 g/mol. The van der Waals surface area contributed by atoms with Crippen molar-refractivity contribution in [2.24, 2.45) is 5.73 Å². The Morgan fingerprint density at radius 1 is 1.05 bits per heavy atom. The van der Waals surface area contributed by atoms with Crippen molar-refractivity contribution in [3.05, 3.63) is 88.9 Å². The quantitative estimate of drug-likeness (QED) is 0.284. The molecule has 0 saturated heterocycles. The third kappa shape index (κ3) is 5.17. The summed E-state index contributed by atoms with van der Waals surface area (Å²) in [6.45, 7) is 1.39. The zero-order valence-electron chi connectivity index (χ0n) is 20.1. The number of nitrogens with zero attached hydrogens (tertiary/aromatic N) is 1. The van der Waals surface area contributed by atoms with Gasteiger partial charge in [0.15, 0.2) is 0 Å². The van der Waals surface area contributed by atoms with Crippen LogP contribution in [0, 0.1) is 0 Å². The lowest BCUT2D eigenvalue weighted by atomic mass is 10.1. The summed E-state index contributed by atoms with van der Waals surface area (Å²) < 4.78 is 31.9. The van der Waals surface area contributed by atoms with Crippen LogP contribution in [0.3, 0.4) is 0 Å². The fourth-order valence-corrected chi connectivity index (χ4v) is 6.41. The van der Waals surface area contributed by atoms with E-state index in [2.05, 4.69) is 15.6 Å². The van der Waals surface area contributed by atoms with Gasteiger partial charge in [0.1, 0.15) is 10.8 Å². The van der Waals surface area contributed by atoms with E-state index in [4.69, 9.17) is 10.5 Å². The Bertz CT molecular complexity index is 1610. The van der Waals surface area contributed by atoms with Crippen molar-refractivity contribution < 1.29 is 22.7 Å². The summed E-state index contributed by atoms with van der Waals surface area (Å²) >= 11 is 1.45. The molecule has 11 heteroatoms. The summed E-state index contributed by atoms with van der Waals surface area (Å²) in [7, 11) is -3.94. The van der Waals surface area contributed by atoms with E-state index in [0.29, 0.717) is 13.2 Å². The third-order valence-corrected chi connectivity index (χ3v) is 8.81. The molecule has 0 radical (unpaired) electrons. The number of anilines is 1. The first-order chi connectivity index (χ1) is 18.4. The van der Waals surface area contributed by atoms with E-state index in [1.807, 2.05) is 24.3 Å². The highest BCUT2D eigenvalue weighted by Gasteiger charge is 2.31. The molecule has 0 unspecified atom stereocenters. The summed E-state index contributed by atoms with van der Waals surface area (Å²) in [6.07, 6.45) is 2.49. The summed E-state index contributed by atoms with van der Waals surface area (Å²) in [5, 5.41) is 6.26.